The maximum atomic E-state index is 12.8. The molecular weight excluding hydrogens is 388 g/mol. The summed E-state index contributed by atoms with van der Waals surface area (Å²) in [6.07, 6.45) is 4.73. The molecule has 29 heavy (non-hydrogen) atoms. The predicted octanol–water partition coefficient (Wildman–Crippen LogP) is 3.81. The van der Waals surface area contributed by atoms with Gasteiger partial charge in [0.25, 0.3) is 11.5 Å². The number of aryl methyl sites for hydroxylation is 1. The number of rotatable bonds is 3. The summed E-state index contributed by atoms with van der Waals surface area (Å²) in [6.45, 7) is 3.15. The molecule has 1 aliphatic rings. The third kappa shape index (κ3) is 3.93. The minimum Gasteiger partial charge on any atom is -0.339 e. The SMILES string of the molecule is Cc1ccccc1C(=O)N1CCC(c2nc(-c3ccncc3)[nH]c(=O)c2Cl)CC1. The lowest BCUT2D eigenvalue weighted by molar-refractivity contribution is 0.0711. The van der Waals surface area contributed by atoms with E-state index in [1.54, 1.807) is 24.5 Å². The van der Waals surface area contributed by atoms with Gasteiger partial charge in [-0.3, -0.25) is 14.6 Å². The van der Waals surface area contributed by atoms with Crippen LogP contribution < -0.4 is 5.56 Å². The highest BCUT2D eigenvalue weighted by Gasteiger charge is 2.28. The standard InChI is InChI=1S/C22H21ClN4O2/c1-14-4-2-3-5-17(14)22(29)27-12-8-15(9-13-27)19-18(23)21(28)26-20(25-19)16-6-10-24-11-7-16/h2-7,10-11,15H,8-9,12-13H2,1H3,(H,25,26,28). The first kappa shape index (κ1) is 19.3. The summed E-state index contributed by atoms with van der Waals surface area (Å²) in [4.78, 5) is 38.5. The third-order valence-corrected chi connectivity index (χ3v) is 5.75. The molecule has 7 heteroatoms. The number of carbonyl (C=O) groups is 1. The van der Waals surface area contributed by atoms with E-state index in [1.807, 2.05) is 36.1 Å². The van der Waals surface area contributed by atoms with Crippen LogP contribution in [-0.4, -0.2) is 38.8 Å². The van der Waals surface area contributed by atoms with Gasteiger partial charge in [0.1, 0.15) is 10.8 Å². The summed E-state index contributed by atoms with van der Waals surface area (Å²) >= 11 is 6.30. The summed E-state index contributed by atoms with van der Waals surface area (Å²) in [7, 11) is 0. The van der Waals surface area contributed by atoms with E-state index in [0.29, 0.717) is 37.4 Å². The molecule has 0 aliphatic carbocycles. The van der Waals surface area contributed by atoms with Crippen LogP contribution in [0.15, 0.2) is 53.6 Å². The molecule has 1 amide bonds. The molecule has 3 aromatic rings. The maximum absolute atomic E-state index is 12.8. The number of pyridine rings is 1. The molecule has 6 nitrogen and oxygen atoms in total. The van der Waals surface area contributed by atoms with Crippen LogP contribution >= 0.6 is 11.6 Å². The van der Waals surface area contributed by atoms with Crippen LogP contribution in [0.1, 0.15) is 40.4 Å². The number of hydrogen-bond acceptors (Lipinski definition) is 4. The lowest BCUT2D eigenvalue weighted by atomic mass is 9.92. The van der Waals surface area contributed by atoms with E-state index in [2.05, 4.69) is 15.0 Å². The van der Waals surface area contributed by atoms with Gasteiger partial charge in [-0.05, 0) is 43.5 Å². The van der Waals surface area contributed by atoms with E-state index in [4.69, 9.17) is 11.6 Å². The van der Waals surface area contributed by atoms with Gasteiger partial charge in [-0.15, -0.1) is 0 Å². The predicted molar refractivity (Wildman–Crippen MR) is 112 cm³/mol. The van der Waals surface area contributed by atoms with Gasteiger partial charge in [-0.1, -0.05) is 29.8 Å². The zero-order valence-electron chi connectivity index (χ0n) is 16.1. The Bertz CT molecular complexity index is 1090. The van der Waals surface area contributed by atoms with E-state index in [0.717, 1.165) is 16.7 Å². The number of carbonyl (C=O) groups excluding carboxylic acids is 1. The molecule has 1 saturated heterocycles. The number of benzene rings is 1. The lowest BCUT2D eigenvalue weighted by Gasteiger charge is -2.32. The molecule has 4 rings (SSSR count). The van der Waals surface area contributed by atoms with Gasteiger partial charge in [0.2, 0.25) is 0 Å². The number of hydrogen-bond donors (Lipinski definition) is 1. The van der Waals surface area contributed by atoms with Crippen molar-refractivity contribution in [2.45, 2.75) is 25.7 Å². The van der Waals surface area contributed by atoms with Gasteiger partial charge in [-0.2, -0.15) is 0 Å². The molecule has 0 bridgehead atoms. The van der Waals surface area contributed by atoms with Crippen LogP contribution in [0.2, 0.25) is 5.02 Å². The Kier molecular flexibility index (Phi) is 5.45. The van der Waals surface area contributed by atoms with E-state index < -0.39 is 0 Å². The Balaban J connectivity index is 1.54. The number of H-pyrrole nitrogens is 1. The highest BCUT2D eigenvalue weighted by Crippen LogP contribution is 2.31. The zero-order chi connectivity index (χ0) is 20.4. The zero-order valence-corrected chi connectivity index (χ0v) is 16.8. The number of nitrogens with zero attached hydrogens (tertiary/aromatic N) is 3. The van der Waals surface area contributed by atoms with Crippen molar-refractivity contribution in [3.63, 3.8) is 0 Å². The quantitative estimate of drug-likeness (QED) is 0.714. The van der Waals surface area contributed by atoms with Crippen molar-refractivity contribution in [3.8, 4) is 11.4 Å². The van der Waals surface area contributed by atoms with Crippen molar-refractivity contribution in [3.05, 3.63) is 81.0 Å². The number of amides is 1. The first-order valence-electron chi connectivity index (χ1n) is 9.59. The Morgan fingerprint density at radius 3 is 2.52 bits per heavy atom. The minimum absolute atomic E-state index is 0.0336. The van der Waals surface area contributed by atoms with Gasteiger partial charge in [0.15, 0.2) is 0 Å². The first-order chi connectivity index (χ1) is 14.0. The molecule has 0 saturated carbocycles. The fourth-order valence-electron chi connectivity index (χ4n) is 3.73. The van der Waals surface area contributed by atoms with E-state index in [1.165, 1.54) is 0 Å². The maximum Gasteiger partial charge on any atom is 0.270 e. The molecule has 148 valence electrons. The minimum atomic E-state index is -0.345. The van der Waals surface area contributed by atoms with Gasteiger partial charge < -0.3 is 9.88 Å². The van der Waals surface area contributed by atoms with Crippen LogP contribution in [0.4, 0.5) is 0 Å². The second-order valence-electron chi connectivity index (χ2n) is 7.23. The van der Waals surface area contributed by atoms with Crippen molar-refractivity contribution in [1.29, 1.82) is 0 Å². The Morgan fingerprint density at radius 2 is 1.83 bits per heavy atom. The highest BCUT2D eigenvalue weighted by molar-refractivity contribution is 6.31. The number of halogens is 1. The van der Waals surface area contributed by atoms with Crippen LogP contribution in [0, 0.1) is 6.92 Å². The van der Waals surface area contributed by atoms with Crippen molar-refractivity contribution in [1.82, 2.24) is 19.9 Å². The Labute approximate surface area is 173 Å². The summed E-state index contributed by atoms with van der Waals surface area (Å²) in [5.41, 5.74) is 2.74. The number of likely N-dealkylation sites (tertiary alicyclic amines) is 1. The van der Waals surface area contributed by atoms with Crippen LogP contribution in [-0.2, 0) is 0 Å². The average Bonchev–Trinajstić information content (AvgIpc) is 2.76. The van der Waals surface area contributed by atoms with Crippen LogP contribution in [0.5, 0.6) is 0 Å². The molecular formula is C22H21ClN4O2. The van der Waals surface area contributed by atoms with Gasteiger partial charge >= 0.3 is 0 Å². The molecule has 0 radical (unpaired) electrons. The van der Waals surface area contributed by atoms with Crippen molar-refractivity contribution < 1.29 is 4.79 Å². The molecule has 3 heterocycles. The van der Waals surface area contributed by atoms with Crippen molar-refractivity contribution in [2.75, 3.05) is 13.1 Å². The highest BCUT2D eigenvalue weighted by atomic mass is 35.5. The van der Waals surface area contributed by atoms with Gasteiger partial charge in [0, 0.05) is 42.5 Å². The number of piperidine rings is 1. The smallest absolute Gasteiger partial charge is 0.270 e. The normalized spacial score (nSPS) is 14.8. The second kappa shape index (κ2) is 8.17. The summed E-state index contributed by atoms with van der Waals surface area (Å²) < 4.78 is 0. The fourth-order valence-corrected chi connectivity index (χ4v) is 3.98. The van der Waals surface area contributed by atoms with Crippen molar-refractivity contribution in [2.24, 2.45) is 0 Å². The second-order valence-corrected chi connectivity index (χ2v) is 7.61. The Morgan fingerprint density at radius 1 is 1.14 bits per heavy atom. The van der Waals surface area contributed by atoms with E-state index in [-0.39, 0.29) is 22.4 Å². The lowest BCUT2D eigenvalue weighted by Crippen LogP contribution is -2.38. The Hall–Kier alpha value is -2.99. The number of nitrogens with one attached hydrogen (secondary N) is 1. The van der Waals surface area contributed by atoms with E-state index in [9.17, 15) is 9.59 Å². The average molecular weight is 409 g/mol. The van der Waals surface area contributed by atoms with Crippen LogP contribution in [0.3, 0.4) is 0 Å². The van der Waals surface area contributed by atoms with Gasteiger partial charge in [0.05, 0.1) is 5.69 Å². The molecule has 1 aromatic carbocycles. The topological polar surface area (TPSA) is 79.0 Å². The molecule has 1 N–H and O–H groups in total. The molecule has 0 spiro atoms. The molecule has 0 unspecified atom stereocenters. The third-order valence-electron chi connectivity index (χ3n) is 5.39. The summed E-state index contributed by atoms with van der Waals surface area (Å²) in [6, 6.07) is 11.2. The first-order valence-corrected chi connectivity index (χ1v) is 9.97. The number of aromatic amines is 1. The molecule has 0 atom stereocenters. The fraction of sp³-hybridized carbons (Fsp3) is 0.273. The van der Waals surface area contributed by atoms with Crippen LogP contribution in [0.25, 0.3) is 11.4 Å². The van der Waals surface area contributed by atoms with Gasteiger partial charge in [-0.25, -0.2) is 4.98 Å². The largest absolute Gasteiger partial charge is 0.339 e. The monoisotopic (exact) mass is 408 g/mol. The number of aromatic nitrogens is 3. The van der Waals surface area contributed by atoms with Crippen molar-refractivity contribution >= 4 is 17.5 Å². The molecule has 1 aliphatic heterocycles. The molecule has 1 fully saturated rings. The molecule has 2 aromatic heterocycles. The van der Waals surface area contributed by atoms with E-state index >= 15 is 0 Å². The summed E-state index contributed by atoms with van der Waals surface area (Å²) in [5, 5.41) is 0.131. The summed E-state index contributed by atoms with van der Waals surface area (Å²) in [5.74, 6) is 0.561.